The van der Waals surface area contributed by atoms with E-state index in [0.29, 0.717) is 24.5 Å². The smallest absolute Gasteiger partial charge is 0.295 e. The summed E-state index contributed by atoms with van der Waals surface area (Å²) < 4.78 is 5.42. The number of carbonyl (C=O) groups excluding carboxylic acids is 2. The third kappa shape index (κ3) is 5.09. The topological polar surface area (TPSA) is 117 Å². The summed E-state index contributed by atoms with van der Waals surface area (Å²) in [5, 5.41) is 24.4. The number of Topliss-reactive ketones (excluding diaryl/α,β-unsaturated/α-hetero) is 1. The number of nitro groups is 1. The molecule has 0 saturated carbocycles. The van der Waals surface area contributed by atoms with Crippen molar-refractivity contribution in [1.29, 1.82) is 0 Å². The molecule has 0 spiro atoms. The number of hydrogen-bond acceptors (Lipinski definition) is 6. The van der Waals surface area contributed by atoms with Gasteiger partial charge >= 0.3 is 0 Å². The first kappa shape index (κ1) is 23.7. The summed E-state index contributed by atoms with van der Waals surface area (Å²) >= 11 is 0. The maximum Gasteiger partial charge on any atom is 0.295 e. The van der Waals surface area contributed by atoms with Crippen molar-refractivity contribution in [3.05, 3.63) is 88.0 Å². The van der Waals surface area contributed by atoms with Gasteiger partial charge in [0, 0.05) is 17.7 Å². The SMILES string of the molecule is C=CCOc1ccc(/C([O-])=C2\C(=O)C(=O)N(CC[NH+](C)C)C2c2ccc([N+](=O)[O-])cc2)cc1. The summed E-state index contributed by atoms with van der Waals surface area (Å²) in [4.78, 5) is 38.7. The summed E-state index contributed by atoms with van der Waals surface area (Å²) in [5.74, 6) is -1.64. The molecule has 9 heteroatoms. The van der Waals surface area contributed by atoms with Crippen LogP contribution in [0.15, 0.2) is 66.8 Å². The third-order valence-electron chi connectivity index (χ3n) is 5.29. The number of rotatable bonds is 9. The van der Waals surface area contributed by atoms with Gasteiger partial charge in [0.05, 0.1) is 38.2 Å². The molecule has 0 aliphatic carbocycles. The molecule has 33 heavy (non-hydrogen) atoms. The van der Waals surface area contributed by atoms with E-state index in [1.54, 1.807) is 18.2 Å². The van der Waals surface area contributed by atoms with E-state index in [4.69, 9.17) is 4.74 Å². The number of nitrogens with zero attached hydrogens (tertiary/aromatic N) is 2. The third-order valence-corrected chi connectivity index (χ3v) is 5.29. The van der Waals surface area contributed by atoms with E-state index in [1.807, 2.05) is 14.1 Å². The maximum absolute atomic E-state index is 13.4. The number of hydrogen-bond donors (Lipinski definition) is 1. The molecule has 0 aromatic heterocycles. The molecular weight excluding hydrogens is 426 g/mol. The van der Waals surface area contributed by atoms with E-state index in [9.17, 15) is 24.8 Å². The number of non-ortho nitro benzene ring substituents is 1. The Balaban J connectivity index is 2.07. The second-order valence-corrected chi connectivity index (χ2v) is 7.90. The van der Waals surface area contributed by atoms with E-state index in [-0.39, 0.29) is 23.4 Å². The van der Waals surface area contributed by atoms with Crippen molar-refractivity contribution in [2.45, 2.75) is 6.04 Å². The normalized spacial score (nSPS) is 17.4. The van der Waals surface area contributed by atoms with Gasteiger partial charge in [0.1, 0.15) is 12.4 Å². The zero-order valence-electron chi connectivity index (χ0n) is 18.4. The van der Waals surface area contributed by atoms with Gasteiger partial charge in [-0.15, -0.1) is 0 Å². The molecule has 2 aromatic carbocycles. The van der Waals surface area contributed by atoms with Crippen molar-refractivity contribution in [2.75, 3.05) is 33.8 Å². The van der Waals surface area contributed by atoms with Gasteiger partial charge in [-0.2, -0.15) is 0 Å². The van der Waals surface area contributed by atoms with Crippen LogP contribution in [-0.2, 0) is 9.59 Å². The zero-order valence-corrected chi connectivity index (χ0v) is 18.4. The highest BCUT2D eigenvalue weighted by Gasteiger charge is 2.44. The number of nitrogens with one attached hydrogen (secondary N) is 1. The fourth-order valence-electron chi connectivity index (χ4n) is 3.58. The first-order chi connectivity index (χ1) is 15.7. The fourth-order valence-corrected chi connectivity index (χ4v) is 3.58. The van der Waals surface area contributed by atoms with Gasteiger partial charge in [-0.25, -0.2) is 0 Å². The van der Waals surface area contributed by atoms with E-state index in [2.05, 4.69) is 6.58 Å². The molecule has 1 heterocycles. The number of benzene rings is 2. The summed E-state index contributed by atoms with van der Waals surface area (Å²) in [5.41, 5.74) is 0.413. The van der Waals surface area contributed by atoms with Crippen molar-refractivity contribution in [2.24, 2.45) is 0 Å². The fraction of sp³-hybridized carbons (Fsp3) is 0.250. The Kier molecular flexibility index (Phi) is 7.24. The Hall–Kier alpha value is -3.98. The number of amides is 1. The molecule has 9 nitrogen and oxygen atoms in total. The molecule has 0 radical (unpaired) electrons. The standard InChI is InChI=1S/C24H25N3O6/c1-4-15-33-19-11-7-17(8-12-19)22(28)20-21(16-5-9-18(10-6-16)27(31)32)26(14-13-25(2)3)24(30)23(20)29/h4-12,21,28H,1,13-15H2,2-3H3/b22-20+. The number of carbonyl (C=O) groups is 2. The van der Waals surface area contributed by atoms with Gasteiger partial charge in [0.25, 0.3) is 11.6 Å². The van der Waals surface area contributed by atoms with Crippen molar-refractivity contribution in [3.63, 3.8) is 0 Å². The molecule has 1 fully saturated rings. The molecule has 1 unspecified atom stereocenters. The summed E-state index contributed by atoms with van der Waals surface area (Å²) in [6.45, 7) is 4.69. The first-order valence-corrected chi connectivity index (χ1v) is 10.4. The van der Waals surface area contributed by atoms with Crippen molar-refractivity contribution >= 4 is 23.1 Å². The number of ketones is 1. The average molecular weight is 451 g/mol. The predicted molar refractivity (Wildman–Crippen MR) is 119 cm³/mol. The lowest BCUT2D eigenvalue weighted by Crippen LogP contribution is -3.06. The van der Waals surface area contributed by atoms with Crippen LogP contribution in [0.4, 0.5) is 5.69 Å². The monoisotopic (exact) mass is 451 g/mol. The van der Waals surface area contributed by atoms with Crippen molar-refractivity contribution in [1.82, 2.24) is 4.90 Å². The van der Waals surface area contributed by atoms with Crippen LogP contribution in [0.3, 0.4) is 0 Å². The van der Waals surface area contributed by atoms with Crippen LogP contribution in [-0.4, -0.2) is 55.3 Å². The van der Waals surface area contributed by atoms with Gasteiger partial charge < -0.3 is 19.6 Å². The zero-order chi connectivity index (χ0) is 24.1. The molecule has 2 aromatic rings. The molecule has 1 amide bonds. The minimum Gasteiger partial charge on any atom is -0.872 e. The highest BCUT2D eigenvalue weighted by Crippen LogP contribution is 2.39. The van der Waals surface area contributed by atoms with E-state index in [0.717, 1.165) is 4.90 Å². The van der Waals surface area contributed by atoms with Gasteiger partial charge in [-0.1, -0.05) is 30.5 Å². The van der Waals surface area contributed by atoms with Gasteiger partial charge in [-0.3, -0.25) is 19.7 Å². The number of likely N-dealkylation sites (tertiary alicyclic amines) is 1. The minimum absolute atomic E-state index is 0.123. The maximum atomic E-state index is 13.4. The Bertz CT molecular complexity index is 1090. The molecule has 1 aliphatic heterocycles. The number of ether oxygens (including phenoxy) is 1. The van der Waals surface area contributed by atoms with Crippen LogP contribution in [0, 0.1) is 10.1 Å². The van der Waals surface area contributed by atoms with E-state index in [1.165, 1.54) is 41.3 Å². The average Bonchev–Trinajstić information content (AvgIpc) is 3.06. The van der Waals surface area contributed by atoms with Crippen LogP contribution in [0.5, 0.6) is 5.75 Å². The second-order valence-electron chi connectivity index (χ2n) is 7.90. The summed E-state index contributed by atoms with van der Waals surface area (Å²) in [7, 11) is 3.82. The molecule has 0 bridgehead atoms. The van der Waals surface area contributed by atoms with Crippen molar-refractivity contribution < 1.29 is 29.3 Å². The summed E-state index contributed by atoms with van der Waals surface area (Å²) in [6.07, 6.45) is 1.59. The van der Waals surface area contributed by atoms with Crippen LogP contribution in [0.25, 0.3) is 5.76 Å². The Morgan fingerprint density at radius 2 is 1.79 bits per heavy atom. The largest absolute Gasteiger partial charge is 0.872 e. The number of quaternary nitrogens is 1. The van der Waals surface area contributed by atoms with E-state index >= 15 is 0 Å². The molecule has 1 aliphatic rings. The lowest BCUT2D eigenvalue weighted by Gasteiger charge is -2.27. The summed E-state index contributed by atoms with van der Waals surface area (Å²) in [6, 6.07) is 10.9. The Morgan fingerprint density at radius 3 is 2.33 bits per heavy atom. The van der Waals surface area contributed by atoms with Gasteiger partial charge in [0.2, 0.25) is 5.78 Å². The van der Waals surface area contributed by atoms with Crippen molar-refractivity contribution in [3.8, 4) is 5.75 Å². The van der Waals surface area contributed by atoms with Gasteiger partial charge in [-0.05, 0) is 35.4 Å². The van der Waals surface area contributed by atoms with Crippen LogP contribution >= 0.6 is 0 Å². The lowest BCUT2D eigenvalue weighted by atomic mass is 9.95. The Labute approximate surface area is 191 Å². The molecule has 1 atom stereocenters. The first-order valence-electron chi connectivity index (χ1n) is 10.4. The van der Waals surface area contributed by atoms with Crippen LogP contribution < -0.4 is 14.7 Å². The molecule has 1 saturated heterocycles. The lowest BCUT2D eigenvalue weighted by molar-refractivity contribution is -0.857. The van der Waals surface area contributed by atoms with Crippen LogP contribution in [0.1, 0.15) is 17.2 Å². The molecule has 172 valence electrons. The number of nitro benzene ring substituents is 1. The minimum atomic E-state index is -0.922. The molecular formula is C24H25N3O6. The molecule has 1 N–H and O–H groups in total. The quantitative estimate of drug-likeness (QED) is 0.148. The van der Waals surface area contributed by atoms with Crippen LogP contribution in [0.2, 0.25) is 0 Å². The number of likely N-dealkylation sites (N-methyl/N-ethyl adjacent to an activating group) is 1. The predicted octanol–water partition coefficient (Wildman–Crippen LogP) is 0.528. The molecule has 3 rings (SSSR count). The highest BCUT2D eigenvalue weighted by molar-refractivity contribution is 6.46. The second kappa shape index (κ2) is 10.1. The Morgan fingerprint density at radius 1 is 1.15 bits per heavy atom. The highest BCUT2D eigenvalue weighted by atomic mass is 16.6. The van der Waals surface area contributed by atoms with E-state index < -0.39 is 28.4 Å². The van der Waals surface area contributed by atoms with Gasteiger partial charge in [0.15, 0.2) is 0 Å².